The number of hydrogen-bond donors (Lipinski definition) is 1. The van der Waals surface area contributed by atoms with E-state index >= 15 is 0 Å². The van der Waals surface area contributed by atoms with Crippen molar-refractivity contribution in [3.8, 4) is 0 Å². The minimum Gasteiger partial charge on any atom is -0.481 e. The molecule has 2 rings (SSSR count). The third-order valence-corrected chi connectivity index (χ3v) is 5.68. The summed E-state index contributed by atoms with van der Waals surface area (Å²) in [4.78, 5) is 11.0. The van der Waals surface area contributed by atoms with Crippen molar-refractivity contribution in [1.82, 2.24) is 10.2 Å². The van der Waals surface area contributed by atoms with Crippen LogP contribution in [0.2, 0.25) is 0 Å². The van der Waals surface area contributed by atoms with Gasteiger partial charge in [0.2, 0.25) is 11.8 Å². The summed E-state index contributed by atoms with van der Waals surface area (Å²) in [6, 6.07) is 0. The Hall–Kier alpha value is -1.44. The second-order valence-corrected chi connectivity index (χ2v) is 8.33. The van der Waals surface area contributed by atoms with Gasteiger partial charge in [0.05, 0.1) is 6.42 Å². The molecule has 0 bridgehead atoms. The maximum Gasteiger partial charge on any atom is 0.303 e. The first-order chi connectivity index (χ1) is 9.72. The van der Waals surface area contributed by atoms with E-state index in [1.165, 1.54) is 6.92 Å². The molecule has 1 unspecified atom stereocenters. The summed E-state index contributed by atoms with van der Waals surface area (Å²) in [7, 11) is -3.29. The number of nitrogens with zero attached hydrogens (tertiary/aromatic N) is 2. The van der Waals surface area contributed by atoms with Gasteiger partial charge in [0, 0.05) is 12.7 Å². The molecule has 0 spiro atoms. The van der Waals surface area contributed by atoms with E-state index in [9.17, 15) is 13.2 Å². The molecule has 1 fully saturated rings. The van der Waals surface area contributed by atoms with Gasteiger partial charge in [-0.1, -0.05) is 12.8 Å². The SMILES string of the molecule is CC(c1nnc(CC2(CC(=O)O)CCCC2)o1)S(C)(=O)=O. The summed E-state index contributed by atoms with van der Waals surface area (Å²) in [6.07, 6.45) is 5.21. The minimum absolute atomic E-state index is 0.0657. The molecular weight excluding hydrogens is 296 g/mol. The van der Waals surface area contributed by atoms with Gasteiger partial charge in [-0.3, -0.25) is 4.79 Å². The zero-order valence-electron chi connectivity index (χ0n) is 12.2. The second-order valence-electron chi connectivity index (χ2n) is 5.96. The first kappa shape index (κ1) is 15.9. The molecule has 0 aromatic carbocycles. The fourth-order valence-corrected chi connectivity index (χ4v) is 3.33. The highest BCUT2D eigenvalue weighted by Crippen LogP contribution is 2.43. The average Bonchev–Trinajstić information content (AvgIpc) is 2.96. The van der Waals surface area contributed by atoms with E-state index in [1.54, 1.807) is 0 Å². The number of rotatable bonds is 6. The zero-order chi connectivity index (χ0) is 15.7. The van der Waals surface area contributed by atoms with Gasteiger partial charge >= 0.3 is 5.97 Å². The van der Waals surface area contributed by atoms with Crippen LogP contribution in [0.5, 0.6) is 0 Å². The van der Waals surface area contributed by atoms with Crippen molar-refractivity contribution in [2.24, 2.45) is 5.41 Å². The average molecular weight is 316 g/mol. The lowest BCUT2D eigenvalue weighted by Crippen LogP contribution is -2.24. The lowest BCUT2D eigenvalue weighted by Gasteiger charge is -2.24. The van der Waals surface area contributed by atoms with Crippen LogP contribution in [0.4, 0.5) is 0 Å². The highest BCUT2D eigenvalue weighted by Gasteiger charge is 2.38. The molecule has 0 aliphatic heterocycles. The molecule has 118 valence electrons. The van der Waals surface area contributed by atoms with E-state index in [2.05, 4.69) is 10.2 Å². The fourth-order valence-electron chi connectivity index (χ4n) is 2.87. The topological polar surface area (TPSA) is 110 Å². The Morgan fingerprint density at radius 3 is 2.52 bits per heavy atom. The smallest absolute Gasteiger partial charge is 0.303 e. The van der Waals surface area contributed by atoms with Gasteiger partial charge in [0.25, 0.3) is 0 Å². The molecule has 1 aliphatic carbocycles. The number of hydrogen-bond acceptors (Lipinski definition) is 6. The third kappa shape index (κ3) is 3.81. The Morgan fingerprint density at radius 1 is 1.38 bits per heavy atom. The molecule has 0 amide bonds. The molecule has 0 radical (unpaired) electrons. The van der Waals surface area contributed by atoms with E-state index in [1.807, 2.05) is 0 Å². The van der Waals surface area contributed by atoms with E-state index in [0.717, 1.165) is 31.9 Å². The van der Waals surface area contributed by atoms with Crippen LogP contribution in [-0.4, -0.2) is 35.9 Å². The maximum absolute atomic E-state index is 11.5. The molecule has 1 aliphatic rings. The van der Waals surface area contributed by atoms with Crippen LogP contribution >= 0.6 is 0 Å². The highest BCUT2D eigenvalue weighted by atomic mass is 32.2. The normalized spacial score (nSPS) is 19.5. The molecule has 1 saturated carbocycles. The number of aliphatic carboxylic acids is 1. The summed E-state index contributed by atoms with van der Waals surface area (Å²) in [5.41, 5.74) is -0.343. The Kier molecular flexibility index (Phi) is 4.36. The molecule has 7 nitrogen and oxygen atoms in total. The molecule has 1 N–H and O–H groups in total. The van der Waals surface area contributed by atoms with Gasteiger partial charge in [-0.2, -0.15) is 0 Å². The molecular formula is C13H20N2O5S. The lowest BCUT2D eigenvalue weighted by atomic mass is 9.79. The van der Waals surface area contributed by atoms with Crippen LogP contribution in [0.15, 0.2) is 4.42 Å². The van der Waals surface area contributed by atoms with Gasteiger partial charge in [-0.25, -0.2) is 8.42 Å². The molecule has 8 heteroatoms. The Balaban J connectivity index is 2.16. The lowest BCUT2D eigenvalue weighted by molar-refractivity contribution is -0.139. The van der Waals surface area contributed by atoms with Crippen LogP contribution in [0, 0.1) is 5.41 Å². The van der Waals surface area contributed by atoms with Crippen molar-refractivity contribution in [1.29, 1.82) is 0 Å². The largest absolute Gasteiger partial charge is 0.481 e. The number of sulfone groups is 1. The zero-order valence-corrected chi connectivity index (χ0v) is 13.0. The summed E-state index contributed by atoms with van der Waals surface area (Å²) >= 11 is 0. The summed E-state index contributed by atoms with van der Waals surface area (Å²) in [6.45, 7) is 1.50. The van der Waals surface area contributed by atoms with E-state index in [0.29, 0.717) is 12.3 Å². The van der Waals surface area contributed by atoms with Crippen molar-refractivity contribution >= 4 is 15.8 Å². The quantitative estimate of drug-likeness (QED) is 0.851. The highest BCUT2D eigenvalue weighted by molar-refractivity contribution is 7.90. The number of carboxylic acid groups (broad SMARTS) is 1. The minimum atomic E-state index is -3.29. The first-order valence-electron chi connectivity index (χ1n) is 6.95. The predicted molar refractivity (Wildman–Crippen MR) is 74.4 cm³/mol. The molecule has 21 heavy (non-hydrogen) atoms. The molecule has 0 saturated heterocycles. The van der Waals surface area contributed by atoms with Gasteiger partial charge in [-0.05, 0) is 25.2 Å². The second kappa shape index (κ2) is 5.75. The van der Waals surface area contributed by atoms with Crippen LogP contribution in [0.25, 0.3) is 0 Å². The van der Waals surface area contributed by atoms with Crippen LogP contribution in [0.3, 0.4) is 0 Å². The van der Waals surface area contributed by atoms with Gasteiger partial charge in [-0.15, -0.1) is 10.2 Å². The number of carboxylic acids is 1. The van der Waals surface area contributed by atoms with Crippen molar-refractivity contribution in [2.75, 3.05) is 6.26 Å². The third-order valence-electron chi connectivity index (χ3n) is 4.19. The Labute approximate surface area is 123 Å². The molecule has 1 aromatic rings. The first-order valence-corrected chi connectivity index (χ1v) is 8.90. The van der Waals surface area contributed by atoms with Crippen LogP contribution in [-0.2, 0) is 21.1 Å². The summed E-state index contributed by atoms with van der Waals surface area (Å²) in [5, 5.41) is 15.9. The van der Waals surface area contributed by atoms with Crippen molar-refractivity contribution < 1.29 is 22.7 Å². The number of aromatic nitrogens is 2. The maximum atomic E-state index is 11.5. The van der Waals surface area contributed by atoms with Gasteiger partial charge < -0.3 is 9.52 Å². The monoisotopic (exact) mass is 316 g/mol. The van der Waals surface area contributed by atoms with Crippen LogP contribution < -0.4 is 0 Å². The molecule has 1 heterocycles. The van der Waals surface area contributed by atoms with Crippen molar-refractivity contribution in [3.05, 3.63) is 11.8 Å². The molecule has 1 atom stereocenters. The van der Waals surface area contributed by atoms with Crippen molar-refractivity contribution in [2.45, 2.75) is 50.7 Å². The van der Waals surface area contributed by atoms with Crippen LogP contribution in [0.1, 0.15) is 56.1 Å². The van der Waals surface area contributed by atoms with Gasteiger partial charge in [0.1, 0.15) is 5.25 Å². The summed E-state index contributed by atoms with van der Waals surface area (Å²) < 4.78 is 28.4. The standard InChI is InChI=1S/C13H20N2O5S/c1-9(21(2,18)19)12-15-14-10(20-12)7-13(8-11(16)17)5-3-4-6-13/h9H,3-8H2,1-2H3,(H,16,17). The fraction of sp³-hybridized carbons (Fsp3) is 0.769. The number of carbonyl (C=O) groups is 1. The Morgan fingerprint density at radius 2 is 2.00 bits per heavy atom. The van der Waals surface area contributed by atoms with Gasteiger partial charge in [0.15, 0.2) is 9.84 Å². The summed E-state index contributed by atoms with van der Waals surface area (Å²) in [5.74, 6) is -0.444. The molecule has 1 aromatic heterocycles. The predicted octanol–water partition coefficient (Wildman–Crippen LogP) is 1.75. The Bertz CT molecular complexity index is 616. The van der Waals surface area contributed by atoms with Crippen molar-refractivity contribution in [3.63, 3.8) is 0 Å². The van der Waals surface area contributed by atoms with E-state index in [-0.39, 0.29) is 17.7 Å². The van der Waals surface area contributed by atoms with E-state index < -0.39 is 21.1 Å². The van der Waals surface area contributed by atoms with E-state index in [4.69, 9.17) is 9.52 Å².